The minimum Gasteiger partial charge on any atom is -0.267 e. The number of benzene rings is 2. The number of hydrogen-bond donors (Lipinski definition) is 0. The van der Waals surface area contributed by atoms with E-state index >= 15 is 0 Å². The summed E-state index contributed by atoms with van der Waals surface area (Å²) in [5, 5.41) is 6.08. The van der Waals surface area contributed by atoms with Crippen molar-refractivity contribution in [2.24, 2.45) is 5.10 Å². The molecule has 0 aliphatic carbocycles. The summed E-state index contributed by atoms with van der Waals surface area (Å²) in [6.45, 7) is 8.09. The molecule has 0 aromatic heterocycles. The van der Waals surface area contributed by atoms with E-state index < -0.39 is 0 Å². The molecule has 2 aromatic carbocycles. The van der Waals surface area contributed by atoms with Crippen molar-refractivity contribution in [2.75, 3.05) is 5.01 Å². The van der Waals surface area contributed by atoms with Crippen LogP contribution in [0.3, 0.4) is 0 Å². The van der Waals surface area contributed by atoms with Gasteiger partial charge in [-0.05, 0) is 67.7 Å². The summed E-state index contributed by atoms with van der Waals surface area (Å²) in [4.78, 5) is 13.0. The van der Waals surface area contributed by atoms with Gasteiger partial charge in [0.15, 0.2) is 0 Å². The summed E-state index contributed by atoms with van der Waals surface area (Å²) in [6.07, 6.45) is 2.88. The smallest absolute Gasteiger partial charge is 0.267 e. The van der Waals surface area contributed by atoms with Crippen LogP contribution in [0.25, 0.3) is 6.08 Å². The molecule has 0 bridgehead atoms. The molecule has 1 aliphatic heterocycles. The lowest BCUT2D eigenvalue weighted by molar-refractivity contribution is -0.114. The molecule has 1 heterocycles. The standard InChI is InChI=1S/C21H21BrN2O/c1-5-16-10-13(2)20(14(3)11-16)24-21(25)19(15(4)23-24)12-17-6-8-18(22)9-7-17/h6-12H,5H2,1-4H3/b19-12+. The van der Waals surface area contributed by atoms with Crippen LogP contribution in [0.15, 0.2) is 51.5 Å². The van der Waals surface area contributed by atoms with Crippen molar-refractivity contribution < 1.29 is 4.79 Å². The summed E-state index contributed by atoms with van der Waals surface area (Å²) in [5.74, 6) is -0.0733. The number of hydrogen-bond acceptors (Lipinski definition) is 2. The van der Waals surface area contributed by atoms with Gasteiger partial charge in [-0.1, -0.05) is 47.1 Å². The first-order valence-electron chi connectivity index (χ1n) is 8.38. The van der Waals surface area contributed by atoms with Crippen LogP contribution in [0.2, 0.25) is 0 Å². The Hall–Kier alpha value is -2.20. The van der Waals surface area contributed by atoms with Crippen molar-refractivity contribution in [3.63, 3.8) is 0 Å². The molecule has 0 unspecified atom stereocenters. The Morgan fingerprint density at radius 1 is 1.08 bits per heavy atom. The summed E-state index contributed by atoms with van der Waals surface area (Å²) in [5.41, 5.74) is 6.68. The third-order valence-electron chi connectivity index (χ3n) is 4.41. The molecule has 0 radical (unpaired) electrons. The molecule has 0 N–H and O–H groups in total. The number of amides is 1. The first-order valence-corrected chi connectivity index (χ1v) is 9.17. The van der Waals surface area contributed by atoms with E-state index in [0.717, 1.165) is 39.0 Å². The van der Waals surface area contributed by atoms with E-state index in [1.54, 1.807) is 5.01 Å². The fourth-order valence-electron chi connectivity index (χ4n) is 3.15. The fourth-order valence-corrected chi connectivity index (χ4v) is 3.41. The molecule has 0 spiro atoms. The van der Waals surface area contributed by atoms with E-state index in [2.05, 4.69) is 40.1 Å². The van der Waals surface area contributed by atoms with Crippen LogP contribution in [0.4, 0.5) is 5.69 Å². The van der Waals surface area contributed by atoms with Gasteiger partial charge in [0, 0.05) is 4.47 Å². The topological polar surface area (TPSA) is 32.7 Å². The average molecular weight is 397 g/mol. The molecule has 2 aromatic rings. The number of hydrazone groups is 1. The van der Waals surface area contributed by atoms with Crippen LogP contribution < -0.4 is 5.01 Å². The van der Waals surface area contributed by atoms with Crippen LogP contribution in [-0.4, -0.2) is 11.6 Å². The minimum atomic E-state index is -0.0733. The molecule has 3 rings (SSSR count). The van der Waals surface area contributed by atoms with E-state index in [4.69, 9.17) is 0 Å². The molecule has 25 heavy (non-hydrogen) atoms. The summed E-state index contributed by atoms with van der Waals surface area (Å²) < 4.78 is 1.02. The quantitative estimate of drug-likeness (QED) is 0.636. The lowest BCUT2D eigenvalue weighted by Crippen LogP contribution is -2.23. The van der Waals surface area contributed by atoms with Gasteiger partial charge in [0.1, 0.15) is 0 Å². The van der Waals surface area contributed by atoms with Gasteiger partial charge < -0.3 is 0 Å². The van der Waals surface area contributed by atoms with Crippen molar-refractivity contribution in [1.29, 1.82) is 0 Å². The first kappa shape index (κ1) is 17.6. The highest BCUT2D eigenvalue weighted by Gasteiger charge is 2.30. The largest absolute Gasteiger partial charge is 0.280 e. The predicted octanol–water partition coefficient (Wildman–Crippen LogP) is 5.43. The van der Waals surface area contributed by atoms with Gasteiger partial charge >= 0.3 is 0 Å². The van der Waals surface area contributed by atoms with Crippen LogP contribution in [0.5, 0.6) is 0 Å². The van der Waals surface area contributed by atoms with Crippen molar-refractivity contribution in [3.8, 4) is 0 Å². The monoisotopic (exact) mass is 396 g/mol. The maximum absolute atomic E-state index is 13.0. The molecule has 3 nitrogen and oxygen atoms in total. The molecule has 4 heteroatoms. The maximum Gasteiger partial charge on any atom is 0.280 e. The lowest BCUT2D eigenvalue weighted by Gasteiger charge is -2.18. The lowest BCUT2D eigenvalue weighted by atomic mass is 10.0. The van der Waals surface area contributed by atoms with Crippen LogP contribution in [0, 0.1) is 13.8 Å². The second kappa shape index (κ2) is 6.96. The first-order chi connectivity index (χ1) is 11.9. The van der Waals surface area contributed by atoms with Crippen molar-refractivity contribution >= 4 is 39.3 Å². The molecule has 0 atom stereocenters. The normalized spacial score (nSPS) is 15.9. The van der Waals surface area contributed by atoms with Gasteiger partial charge in [-0.2, -0.15) is 10.1 Å². The van der Waals surface area contributed by atoms with E-state index in [1.165, 1.54) is 5.56 Å². The molecule has 1 amide bonds. The van der Waals surface area contributed by atoms with E-state index in [0.29, 0.717) is 5.57 Å². The summed E-state index contributed by atoms with van der Waals surface area (Å²) in [7, 11) is 0. The minimum absolute atomic E-state index is 0.0733. The Kier molecular flexibility index (Phi) is 4.91. The summed E-state index contributed by atoms with van der Waals surface area (Å²) >= 11 is 3.43. The zero-order valence-corrected chi connectivity index (χ0v) is 16.5. The molecule has 128 valence electrons. The van der Waals surface area contributed by atoms with Crippen LogP contribution >= 0.6 is 15.9 Å². The third-order valence-corrected chi connectivity index (χ3v) is 4.94. The molecule has 0 fully saturated rings. The van der Waals surface area contributed by atoms with Gasteiger partial charge in [0.05, 0.1) is 17.0 Å². The Morgan fingerprint density at radius 2 is 1.68 bits per heavy atom. The maximum atomic E-state index is 13.0. The number of nitrogens with zero attached hydrogens (tertiary/aromatic N) is 2. The number of carbonyl (C=O) groups is 1. The van der Waals surface area contributed by atoms with Gasteiger partial charge in [-0.25, -0.2) is 0 Å². The number of anilines is 1. The fraction of sp³-hybridized carbons (Fsp3) is 0.238. The highest BCUT2D eigenvalue weighted by molar-refractivity contribution is 9.10. The Balaban J connectivity index is 2.00. The molecule has 0 saturated carbocycles. The zero-order chi connectivity index (χ0) is 18.1. The Morgan fingerprint density at radius 3 is 2.24 bits per heavy atom. The van der Waals surface area contributed by atoms with Gasteiger partial charge in [-0.15, -0.1) is 0 Å². The van der Waals surface area contributed by atoms with Crippen LogP contribution in [0.1, 0.15) is 36.1 Å². The van der Waals surface area contributed by atoms with Crippen molar-refractivity contribution in [1.82, 2.24) is 0 Å². The molecular formula is C21H21BrN2O. The highest BCUT2D eigenvalue weighted by atomic mass is 79.9. The predicted molar refractivity (Wildman–Crippen MR) is 108 cm³/mol. The second-order valence-electron chi connectivity index (χ2n) is 6.34. The molecular weight excluding hydrogens is 376 g/mol. The number of carbonyl (C=O) groups excluding carboxylic acids is 1. The van der Waals surface area contributed by atoms with Gasteiger partial charge in [-0.3, -0.25) is 4.79 Å². The second-order valence-corrected chi connectivity index (χ2v) is 7.26. The van der Waals surface area contributed by atoms with Gasteiger partial charge in [0.25, 0.3) is 5.91 Å². The Labute approximate surface area is 157 Å². The van der Waals surface area contributed by atoms with Crippen molar-refractivity contribution in [2.45, 2.75) is 34.1 Å². The van der Waals surface area contributed by atoms with Crippen molar-refractivity contribution in [3.05, 3.63) is 68.7 Å². The molecule has 0 saturated heterocycles. The van der Waals surface area contributed by atoms with Crippen LogP contribution in [-0.2, 0) is 11.2 Å². The van der Waals surface area contributed by atoms with Gasteiger partial charge in [0.2, 0.25) is 0 Å². The average Bonchev–Trinajstić information content (AvgIpc) is 2.84. The van der Waals surface area contributed by atoms with E-state index in [9.17, 15) is 4.79 Å². The summed E-state index contributed by atoms with van der Waals surface area (Å²) in [6, 6.07) is 12.2. The molecule has 1 aliphatic rings. The number of halogens is 1. The SMILES string of the molecule is CCc1cc(C)c(N2N=C(C)/C(=C\c3ccc(Br)cc3)C2=O)c(C)c1. The van der Waals surface area contributed by atoms with E-state index in [-0.39, 0.29) is 5.91 Å². The highest BCUT2D eigenvalue weighted by Crippen LogP contribution is 2.32. The zero-order valence-electron chi connectivity index (χ0n) is 14.9. The third kappa shape index (κ3) is 3.45. The Bertz CT molecular complexity index is 872. The number of aryl methyl sites for hydroxylation is 3. The number of rotatable bonds is 3. The van der Waals surface area contributed by atoms with E-state index in [1.807, 2.05) is 51.1 Å².